The lowest BCUT2D eigenvalue weighted by Crippen LogP contribution is -2.15. The number of anilines is 1. The molecule has 11 heteroatoms. The monoisotopic (exact) mass is 501 g/mol. The third kappa shape index (κ3) is 6.05. The third-order valence-electron chi connectivity index (χ3n) is 4.74. The van der Waals surface area contributed by atoms with E-state index in [1.165, 1.54) is 34.8 Å². The number of hydrogen-bond acceptors (Lipinski definition) is 6. The number of rotatable bonds is 7. The van der Waals surface area contributed by atoms with Gasteiger partial charge in [0.05, 0.1) is 27.2 Å². The molecule has 4 rings (SSSR count). The summed E-state index contributed by atoms with van der Waals surface area (Å²) in [5.74, 6) is 4.58. The Balaban J connectivity index is 1.38. The Hall–Kier alpha value is -3.06. The summed E-state index contributed by atoms with van der Waals surface area (Å²) in [6.45, 7) is 0. The third-order valence-corrected chi connectivity index (χ3v) is 6.27. The molecule has 0 bridgehead atoms. The van der Waals surface area contributed by atoms with Crippen molar-refractivity contribution in [3.63, 3.8) is 0 Å². The zero-order valence-corrected chi connectivity index (χ0v) is 19.4. The molecule has 1 amide bonds. The van der Waals surface area contributed by atoms with E-state index in [0.29, 0.717) is 38.1 Å². The highest BCUT2D eigenvalue weighted by atomic mass is 35.5. The van der Waals surface area contributed by atoms with E-state index in [-0.39, 0.29) is 18.1 Å². The number of aliphatic carboxylic acids is 1. The molecule has 0 spiro atoms. The lowest BCUT2D eigenvalue weighted by molar-refractivity contribution is -0.135. The molecule has 1 aliphatic rings. The van der Waals surface area contributed by atoms with E-state index in [1.807, 2.05) is 18.2 Å². The molecule has 1 saturated carbocycles. The highest BCUT2D eigenvalue weighted by Crippen LogP contribution is 2.41. The van der Waals surface area contributed by atoms with E-state index < -0.39 is 5.97 Å². The van der Waals surface area contributed by atoms with Crippen molar-refractivity contribution < 1.29 is 14.7 Å². The topological polar surface area (TPSA) is 110 Å². The number of hydrogen-bond donors (Lipinski definition) is 2. The Labute approximate surface area is 203 Å². The van der Waals surface area contributed by atoms with E-state index in [4.69, 9.17) is 28.3 Å². The highest BCUT2D eigenvalue weighted by Gasteiger charge is 2.24. The van der Waals surface area contributed by atoms with Crippen LogP contribution in [0.2, 0.25) is 10.0 Å². The number of halogens is 2. The number of amides is 1. The summed E-state index contributed by atoms with van der Waals surface area (Å²) in [4.78, 5) is 23.0. The predicted molar refractivity (Wildman–Crippen MR) is 126 cm³/mol. The van der Waals surface area contributed by atoms with Crippen molar-refractivity contribution in [2.45, 2.75) is 30.3 Å². The smallest absolute Gasteiger partial charge is 0.315 e. The Morgan fingerprint density at radius 1 is 1.18 bits per heavy atom. The molecule has 1 fully saturated rings. The van der Waals surface area contributed by atoms with Crippen LogP contribution in [0.1, 0.15) is 36.3 Å². The van der Waals surface area contributed by atoms with Gasteiger partial charge in [0.1, 0.15) is 6.42 Å². The zero-order valence-electron chi connectivity index (χ0n) is 17.1. The fourth-order valence-corrected chi connectivity index (χ4v) is 4.20. The van der Waals surface area contributed by atoms with E-state index in [2.05, 4.69) is 32.7 Å². The Morgan fingerprint density at radius 2 is 2.00 bits per heavy atom. The largest absolute Gasteiger partial charge is 0.481 e. The van der Waals surface area contributed by atoms with E-state index in [9.17, 15) is 9.59 Å². The number of thioether (sulfide) groups is 1. The Morgan fingerprint density at radius 3 is 2.70 bits per heavy atom. The van der Waals surface area contributed by atoms with Crippen LogP contribution < -0.4 is 5.32 Å². The first-order chi connectivity index (χ1) is 15.9. The number of carbonyl (C=O) groups excluding carboxylic acids is 1. The standard InChI is InChI=1S/C22H17Cl2N5O3S/c23-16-10-13(2-1-3-21(31)32)4-8-18(16)25-20(30)12-33-22-26-27-28-29(22)19-9-7-15(11-17(19)24)14-5-6-14/h4,7-11,14H,3,5-6,12H2,(H,25,30)(H,31,32). The van der Waals surface area contributed by atoms with Gasteiger partial charge in [-0.1, -0.05) is 52.9 Å². The van der Waals surface area contributed by atoms with Gasteiger partial charge in [-0.15, -0.1) is 5.10 Å². The molecule has 2 aromatic carbocycles. The van der Waals surface area contributed by atoms with Crippen molar-refractivity contribution in [3.05, 3.63) is 57.6 Å². The lowest BCUT2D eigenvalue weighted by atomic mass is 10.1. The van der Waals surface area contributed by atoms with Gasteiger partial charge in [-0.2, -0.15) is 4.68 Å². The van der Waals surface area contributed by atoms with Crippen LogP contribution in [0.4, 0.5) is 5.69 Å². The van der Waals surface area contributed by atoms with Gasteiger partial charge in [0.15, 0.2) is 0 Å². The fourth-order valence-electron chi connectivity index (χ4n) is 3.02. The van der Waals surface area contributed by atoms with Gasteiger partial charge >= 0.3 is 5.97 Å². The summed E-state index contributed by atoms with van der Waals surface area (Å²) in [6.07, 6.45) is 2.10. The van der Waals surface area contributed by atoms with Gasteiger partial charge in [0.2, 0.25) is 11.1 Å². The summed E-state index contributed by atoms with van der Waals surface area (Å²) >= 11 is 13.8. The van der Waals surface area contributed by atoms with Gasteiger partial charge in [-0.3, -0.25) is 9.59 Å². The maximum absolute atomic E-state index is 12.4. The molecule has 2 N–H and O–H groups in total. The molecule has 0 radical (unpaired) electrons. The second-order valence-electron chi connectivity index (χ2n) is 7.26. The summed E-state index contributed by atoms with van der Waals surface area (Å²) in [5, 5.41) is 24.4. The van der Waals surface area contributed by atoms with Gasteiger partial charge in [-0.25, -0.2) is 0 Å². The summed E-state index contributed by atoms with van der Waals surface area (Å²) in [7, 11) is 0. The molecule has 8 nitrogen and oxygen atoms in total. The Kier molecular flexibility index (Phi) is 7.18. The van der Waals surface area contributed by atoms with Gasteiger partial charge in [-0.05, 0) is 65.1 Å². The average molecular weight is 502 g/mol. The molecule has 33 heavy (non-hydrogen) atoms. The van der Waals surface area contributed by atoms with Crippen molar-refractivity contribution in [1.82, 2.24) is 20.2 Å². The van der Waals surface area contributed by atoms with Crippen molar-refractivity contribution in [1.29, 1.82) is 0 Å². The molecule has 0 unspecified atom stereocenters. The van der Waals surface area contributed by atoms with Gasteiger partial charge in [0, 0.05) is 5.56 Å². The number of aromatic nitrogens is 4. The van der Waals surface area contributed by atoms with Crippen LogP contribution in [0.25, 0.3) is 5.69 Å². The maximum atomic E-state index is 12.4. The molecule has 1 aliphatic carbocycles. The minimum absolute atomic E-state index is 0.0502. The van der Waals surface area contributed by atoms with Crippen LogP contribution in [0.5, 0.6) is 0 Å². The minimum Gasteiger partial charge on any atom is -0.481 e. The molecule has 0 atom stereocenters. The van der Waals surface area contributed by atoms with Crippen LogP contribution in [0.3, 0.4) is 0 Å². The second-order valence-corrected chi connectivity index (χ2v) is 9.02. The molecule has 0 aliphatic heterocycles. The van der Waals surface area contributed by atoms with Crippen LogP contribution in [-0.2, 0) is 9.59 Å². The number of tetrazole rings is 1. The molecule has 168 valence electrons. The number of carboxylic acid groups (broad SMARTS) is 1. The van der Waals surface area contributed by atoms with Crippen molar-refractivity contribution >= 4 is 52.5 Å². The predicted octanol–water partition coefficient (Wildman–Crippen LogP) is 4.40. The van der Waals surface area contributed by atoms with Crippen molar-refractivity contribution in [2.75, 3.05) is 11.1 Å². The molecular weight excluding hydrogens is 485 g/mol. The average Bonchev–Trinajstić information content (AvgIpc) is 3.52. The van der Waals surface area contributed by atoms with E-state index in [1.54, 1.807) is 18.2 Å². The molecule has 1 heterocycles. The molecule has 1 aromatic heterocycles. The first kappa shape index (κ1) is 23.1. The molecule has 0 saturated heterocycles. The second kappa shape index (κ2) is 10.3. The van der Waals surface area contributed by atoms with Crippen LogP contribution >= 0.6 is 35.0 Å². The van der Waals surface area contributed by atoms with Crippen molar-refractivity contribution in [2.24, 2.45) is 0 Å². The number of nitrogens with zero attached hydrogens (tertiary/aromatic N) is 4. The number of nitrogens with one attached hydrogen (secondary N) is 1. The Bertz CT molecular complexity index is 1280. The summed E-state index contributed by atoms with van der Waals surface area (Å²) < 4.78 is 1.51. The highest BCUT2D eigenvalue weighted by molar-refractivity contribution is 7.99. The van der Waals surface area contributed by atoms with Gasteiger partial charge in [0.25, 0.3) is 0 Å². The van der Waals surface area contributed by atoms with Crippen LogP contribution in [0, 0.1) is 11.8 Å². The normalized spacial score (nSPS) is 12.7. The van der Waals surface area contributed by atoms with Crippen LogP contribution in [-0.4, -0.2) is 42.9 Å². The lowest BCUT2D eigenvalue weighted by Gasteiger charge is -2.09. The number of carbonyl (C=O) groups is 2. The summed E-state index contributed by atoms with van der Waals surface area (Å²) in [5.41, 5.74) is 2.83. The quantitative estimate of drug-likeness (QED) is 0.364. The molecular formula is C22H17Cl2N5O3S. The summed E-state index contributed by atoms with van der Waals surface area (Å²) in [6, 6.07) is 10.7. The fraction of sp³-hybridized carbons (Fsp3) is 0.227. The first-order valence-electron chi connectivity index (χ1n) is 9.92. The minimum atomic E-state index is -1.00. The number of benzene rings is 2. The first-order valence-corrected chi connectivity index (χ1v) is 11.7. The van der Waals surface area contributed by atoms with Crippen molar-refractivity contribution in [3.8, 4) is 17.5 Å². The maximum Gasteiger partial charge on any atom is 0.315 e. The van der Waals surface area contributed by atoms with E-state index in [0.717, 1.165) is 0 Å². The number of carboxylic acids is 1. The van der Waals surface area contributed by atoms with Gasteiger partial charge < -0.3 is 10.4 Å². The van der Waals surface area contributed by atoms with E-state index >= 15 is 0 Å². The molecule has 3 aromatic rings. The zero-order chi connectivity index (χ0) is 23.4. The van der Waals surface area contributed by atoms with Crippen LogP contribution in [0.15, 0.2) is 41.6 Å². The SMILES string of the molecule is O=C(O)CC#Cc1ccc(NC(=O)CSc2nnnn2-c2ccc(C3CC3)cc2Cl)c(Cl)c1.